The summed E-state index contributed by atoms with van der Waals surface area (Å²) in [4.78, 5) is 18.4. The molecule has 1 atom stereocenters. The molecule has 0 radical (unpaired) electrons. The van der Waals surface area contributed by atoms with Crippen LogP contribution in [0.5, 0.6) is 5.75 Å². The first-order valence-electron chi connectivity index (χ1n) is 8.24. The molecule has 2 heterocycles. The van der Waals surface area contributed by atoms with Gasteiger partial charge in [0.2, 0.25) is 0 Å². The van der Waals surface area contributed by atoms with E-state index in [1.165, 1.54) is 6.07 Å². The van der Waals surface area contributed by atoms with E-state index >= 15 is 0 Å². The third kappa shape index (κ3) is 3.42. The minimum absolute atomic E-state index is 0.0735. The number of benzene rings is 1. The van der Waals surface area contributed by atoms with Crippen molar-refractivity contribution in [3.63, 3.8) is 0 Å². The van der Waals surface area contributed by atoms with Gasteiger partial charge in [-0.05, 0) is 37.8 Å². The van der Waals surface area contributed by atoms with Gasteiger partial charge in [-0.3, -0.25) is 4.79 Å². The Balaban J connectivity index is 1.61. The van der Waals surface area contributed by atoms with Crippen molar-refractivity contribution in [2.45, 2.75) is 25.9 Å². The van der Waals surface area contributed by atoms with Gasteiger partial charge in [0.15, 0.2) is 17.4 Å². The first kappa shape index (κ1) is 16.5. The zero-order valence-electron chi connectivity index (χ0n) is 14.0. The lowest BCUT2D eigenvalue weighted by atomic mass is 9.92. The van der Waals surface area contributed by atoms with Crippen LogP contribution in [0.25, 0.3) is 0 Å². The van der Waals surface area contributed by atoms with E-state index in [1.807, 2.05) is 11.8 Å². The fraction of sp³-hybridized carbons (Fsp3) is 0.444. The fourth-order valence-electron chi connectivity index (χ4n) is 3.12. The maximum atomic E-state index is 13.7. The van der Waals surface area contributed by atoms with Crippen LogP contribution >= 0.6 is 0 Å². The standard InChI is InChI=1S/C18H22FN3O2/c1-13(24-16-6-4-3-5-15(16)19)14-7-10-22(11-8-14)17-18(23)21(2)12-9-20-17/h3-6,9,12-14H,7-8,10-11H2,1-2H3. The Hall–Kier alpha value is -2.37. The van der Waals surface area contributed by atoms with Crippen LogP contribution in [0.2, 0.25) is 0 Å². The Bertz CT molecular complexity index is 754. The monoisotopic (exact) mass is 331 g/mol. The summed E-state index contributed by atoms with van der Waals surface area (Å²) in [5.41, 5.74) is -0.0772. The number of halogens is 1. The van der Waals surface area contributed by atoms with Crippen LogP contribution in [0.4, 0.5) is 10.2 Å². The van der Waals surface area contributed by atoms with Crippen molar-refractivity contribution in [2.75, 3.05) is 18.0 Å². The maximum Gasteiger partial charge on any atom is 0.293 e. The van der Waals surface area contributed by atoms with Crippen LogP contribution in [0, 0.1) is 11.7 Å². The van der Waals surface area contributed by atoms with E-state index in [2.05, 4.69) is 4.98 Å². The number of anilines is 1. The quantitative estimate of drug-likeness (QED) is 0.864. The third-order valence-corrected chi connectivity index (χ3v) is 4.65. The molecule has 0 aliphatic carbocycles. The van der Waals surface area contributed by atoms with Gasteiger partial charge in [0.25, 0.3) is 5.56 Å². The lowest BCUT2D eigenvalue weighted by Crippen LogP contribution is -2.42. The molecule has 2 aromatic rings. The van der Waals surface area contributed by atoms with Crippen LogP contribution in [-0.4, -0.2) is 28.7 Å². The van der Waals surface area contributed by atoms with Crippen molar-refractivity contribution >= 4 is 5.82 Å². The fourth-order valence-corrected chi connectivity index (χ4v) is 3.12. The normalized spacial score (nSPS) is 16.9. The number of nitrogens with zero attached hydrogens (tertiary/aromatic N) is 3. The summed E-state index contributed by atoms with van der Waals surface area (Å²) >= 11 is 0. The Morgan fingerprint density at radius 3 is 2.71 bits per heavy atom. The number of piperidine rings is 1. The third-order valence-electron chi connectivity index (χ3n) is 4.65. The summed E-state index contributed by atoms with van der Waals surface area (Å²) in [6.07, 6.45) is 5.00. The SMILES string of the molecule is CC(Oc1ccccc1F)C1CCN(c2nccn(C)c2=O)CC1. The number of hydrogen-bond donors (Lipinski definition) is 0. The molecule has 0 bridgehead atoms. The zero-order chi connectivity index (χ0) is 17.1. The summed E-state index contributed by atoms with van der Waals surface area (Å²) in [6, 6.07) is 6.48. The van der Waals surface area contributed by atoms with E-state index in [4.69, 9.17) is 4.74 Å². The minimum Gasteiger partial charge on any atom is -0.487 e. The summed E-state index contributed by atoms with van der Waals surface area (Å²) in [7, 11) is 1.73. The predicted octanol–water partition coefficient (Wildman–Crippen LogP) is 2.60. The van der Waals surface area contributed by atoms with Crippen LogP contribution in [0.15, 0.2) is 41.5 Å². The second-order valence-electron chi connectivity index (χ2n) is 6.24. The lowest BCUT2D eigenvalue weighted by Gasteiger charge is -2.35. The van der Waals surface area contributed by atoms with Gasteiger partial charge in [0.1, 0.15) is 0 Å². The lowest BCUT2D eigenvalue weighted by molar-refractivity contribution is 0.127. The largest absolute Gasteiger partial charge is 0.487 e. The highest BCUT2D eigenvalue weighted by molar-refractivity contribution is 5.36. The molecule has 0 saturated carbocycles. The molecule has 0 amide bonds. The second-order valence-corrected chi connectivity index (χ2v) is 6.24. The Morgan fingerprint density at radius 1 is 1.29 bits per heavy atom. The number of aryl methyl sites for hydroxylation is 1. The second kappa shape index (κ2) is 7.03. The van der Waals surface area contributed by atoms with E-state index in [0.717, 1.165) is 25.9 Å². The van der Waals surface area contributed by atoms with Crippen molar-refractivity contribution in [2.24, 2.45) is 13.0 Å². The molecule has 1 unspecified atom stereocenters. The topological polar surface area (TPSA) is 47.4 Å². The van der Waals surface area contributed by atoms with E-state index < -0.39 is 0 Å². The Morgan fingerprint density at radius 2 is 2.00 bits per heavy atom. The molecule has 1 aromatic heterocycles. The molecule has 24 heavy (non-hydrogen) atoms. The number of rotatable bonds is 4. The van der Waals surface area contributed by atoms with E-state index in [-0.39, 0.29) is 17.5 Å². The average molecular weight is 331 g/mol. The van der Waals surface area contributed by atoms with Gasteiger partial charge in [0.05, 0.1) is 6.10 Å². The van der Waals surface area contributed by atoms with Gasteiger partial charge in [0, 0.05) is 32.5 Å². The summed E-state index contributed by atoms with van der Waals surface area (Å²) < 4.78 is 21.0. The van der Waals surface area contributed by atoms with E-state index in [1.54, 1.807) is 42.2 Å². The molecular weight excluding hydrogens is 309 g/mol. The van der Waals surface area contributed by atoms with Gasteiger partial charge in [-0.25, -0.2) is 9.37 Å². The average Bonchev–Trinajstić information content (AvgIpc) is 2.59. The molecule has 1 aromatic carbocycles. The first-order chi connectivity index (χ1) is 11.6. The number of hydrogen-bond acceptors (Lipinski definition) is 4. The van der Waals surface area contributed by atoms with Crippen molar-refractivity contribution in [3.8, 4) is 5.75 Å². The zero-order valence-corrected chi connectivity index (χ0v) is 14.0. The van der Waals surface area contributed by atoms with Gasteiger partial charge in [-0.2, -0.15) is 0 Å². The number of para-hydroxylation sites is 1. The Labute approximate surface area is 140 Å². The van der Waals surface area contributed by atoms with Crippen molar-refractivity contribution < 1.29 is 9.13 Å². The van der Waals surface area contributed by atoms with Crippen LogP contribution in [0.1, 0.15) is 19.8 Å². The number of ether oxygens (including phenoxy) is 1. The van der Waals surface area contributed by atoms with Gasteiger partial charge in [-0.1, -0.05) is 12.1 Å². The highest BCUT2D eigenvalue weighted by Gasteiger charge is 2.27. The van der Waals surface area contributed by atoms with Crippen molar-refractivity contribution in [1.82, 2.24) is 9.55 Å². The molecule has 0 spiro atoms. The molecule has 1 fully saturated rings. The number of aromatic nitrogens is 2. The predicted molar refractivity (Wildman–Crippen MR) is 90.9 cm³/mol. The summed E-state index contributed by atoms with van der Waals surface area (Å²) in [5, 5.41) is 0. The van der Waals surface area contributed by atoms with Crippen molar-refractivity contribution in [3.05, 3.63) is 52.8 Å². The molecule has 3 rings (SSSR count). The molecule has 0 N–H and O–H groups in total. The maximum absolute atomic E-state index is 13.7. The molecule has 1 saturated heterocycles. The summed E-state index contributed by atoms with van der Waals surface area (Å²) in [6.45, 7) is 3.48. The highest BCUT2D eigenvalue weighted by Crippen LogP contribution is 2.26. The highest BCUT2D eigenvalue weighted by atomic mass is 19.1. The molecule has 6 heteroatoms. The van der Waals surface area contributed by atoms with Crippen molar-refractivity contribution in [1.29, 1.82) is 0 Å². The molecule has 1 aliphatic rings. The van der Waals surface area contributed by atoms with Gasteiger partial charge in [-0.15, -0.1) is 0 Å². The van der Waals surface area contributed by atoms with Crippen LogP contribution in [0.3, 0.4) is 0 Å². The smallest absolute Gasteiger partial charge is 0.293 e. The van der Waals surface area contributed by atoms with E-state index in [9.17, 15) is 9.18 Å². The molecular formula is C18H22FN3O2. The Kier molecular flexibility index (Phi) is 4.83. The molecule has 5 nitrogen and oxygen atoms in total. The van der Waals surface area contributed by atoms with E-state index in [0.29, 0.717) is 17.5 Å². The minimum atomic E-state index is -0.334. The first-order valence-corrected chi connectivity index (χ1v) is 8.24. The summed E-state index contributed by atoms with van der Waals surface area (Å²) in [5.74, 6) is 0.791. The molecule has 1 aliphatic heterocycles. The van der Waals surface area contributed by atoms with Gasteiger partial charge < -0.3 is 14.2 Å². The van der Waals surface area contributed by atoms with Crippen LogP contribution in [-0.2, 0) is 7.05 Å². The van der Waals surface area contributed by atoms with Crippen LogP contribution < -0.4 is 15.2 Å². The van der Waals surface area contributed by atoms with Gasteiger partial charge >= 0.3 is 0 Å². The molecule has 128 valence electrons.